The first kappa shape index (κ1) is 15.7. The van der Waals surface area contributed by atoms with E-state index in [4.69, 9.17) is 0 Å². The van der Waals surface area contributed by atoms with Crippen molar-refractivity contribution >= 4 is 5.82 Å². The van der Waals surface area contributed by atoms with Crippen LogP contribution in [0.15, 0.2) is 49.2 Å². The van der Waals surface area contributed by atoms with Crippen molar-refractivity contribution in [3.8, 4) is 11.1 Å². The van der Waals surface area contributed by atoms with Crippen LogP contribution in [0.2, 0.25) is 0 Å². The minimum atomic E-state index is -0.665. The fourth-order valence-electron chi connectivity index (χ4n) is 3.12. The number of nitrogens with zero attached hydrogens (tertiary/aromatic N) is 5. The molecule has 3 aromatic rings. The van der Waals surface area contributed by atoms with Crippen LogP contribution >= 0.6 is 0 Å². The van der Waals surface area contributed by atoms with Crippen molar-refractivity contribution in [1.82, 2.24) is 19.9 Å². The highest BCUT2D eigenvalue weighted by Gasteiger charge is 2.19. The Morgan fingerprint density at radius 3 is 2.72 bits per heavy atom. The van der Waals surface area contributed by atoms with Gasteiger partial charge in [0, 0.05) is 37.2 Å². The number of aliphatic hydroxyl groups excluding tert-OH is 1. The Kier molecular flexibility index (Phi) is 4.11. The van der Waals surface area contributed by atoms with Gasteiger partial charge in [0.05, 0.1) is 0 Å². The molecule has 25 heavy (non-hydrogen) atoms. The van der Waals surface area contributed by atoms with E-state index in [2.05, 4.69) is 43.0 Å². The third-order valence-corrected chi connectivity index (χ3v) is 4.47. The average Bonchev–Trinajstić information content (AvgIpc) is 2.68. The smallest absolute Gasteiger partial charge is 0.158 e. The maximum atomic E-state index is 9.71. The lowest BCUT2D eigenvalue weighted by Gasteiger charge is -2.30. The van der Waals surface area contributed by atoms with E-state index in [1.165, 1.54) is 11.1 Å². The molecule has 0 aliphatic carbocycles. The molecule has 0 bridgehead atoms. The average molecular weight is 333 g/mol. The lowest BCUT2D eigenvalue weighted by Crippen LogP contribution is -2.31. The summed E-state index contributed by atoms with van der Waals surface area (Å²) >= 11 is 0. The van der Waals surface area contributed by atoms with Gasteiger partial charge in [0.2, 0.25) is 0 Å². The minimum Gasteiger partial charge on any atom is -0.385 e. The van der Waals surface area contributed by atoms with Crippen LogP contribution in [0.4, 0.5) is 5.82 Å². The number of anilines is 1. The summed E-state index contributed by atoms with van der Waals surface area (Å²) in [5.74, 6) is 1.31. The highest BCUT2D eigenvalue weighted by molar-refractivity contribution is 5.64. The Bertz CT molecular complexity index is 882. The minimum absolute atomic E-state index is 0.457. The van der Waals surface area contributed by atoms with E-state index in [9.17, 15) is 5.11 Å². The third-order valence-electron chi connectivity index (χ3n) is 4.47. The van der Waals surface area contributed by atoms with Crippen LogP contribution < -0.4 is 4.90 Å². The van der Waals surface area contributed by atoms with Gasteiger partial charge in [0.1, 0.15) is 18.2 Å². The molecule has 6 heteroatoms. The molecule has 1 aliphatic heterocycles. The maximum absolute atomic E-state index is 9.71. The highest BCUT2D eigenvalue weighted by atomic mass is 16.3. The van der Waals surface area contributed by atoms with Gasteiger partial charge >= 0.3 is 0 Å². The predicted octanol–water partition coefficient (Wildman–Crippen LogP) is 2.55. The van der Waals surface area contributed by atoms with E-state index >= 15 is 0 Å². The first-order chi connectivity index (χ1) is 12.2. The molecule has 4 rings (SSSR count). The third kappa shape index (κ3) is 3.21. The van der Waals surface area contributed by atoms with Gasteiger partial charge in [-0.1, -0.05) is 12.1 Å². The second kappa shape index (κ2) is 6.57. The van der Waals surface area contributed by atoms with Gasteiger partial charge in [0.25, 0.3) is 0 Å². The Balaban J connectivity index is 1.63. The topological polar surface area (TPSA) is 75.0 Å². The number of benzene rings is 1. The Labute approximate surface area is 146 Å². The van der Waals surface area contributed by atoms with Crippen LogP contribution in [0.3, 0.4) is 0 Å². The van der Waals surface area contributed by atoms with Crippen molar-refractivity contribution in [3.05, 3.63) is 66.1 Å². The van der Waals surface area contributed by atoms with E-state index in [0.29, 0.717) is 5.82 Å². The summed E-state index contributed by atoms with van der Waals surface area (Å²) in [7, 11) is 0. The molecular formula is C19H19N5O. The Morgan fingerprint density at radius 2 is 1.92 bits per heavy atom. The van der Waals surface area contributed by atoms with Crippen LogP contribution in [0.25, 0.3) is 11.1 Å². The maximum Gasteiger partial charge on any atom is 0.158 e. The molecule has 0 saturated heterocycles. The van der Waals surface area contributed by atoms with Gasteiger partial charge in [-0.15, -0.1) is 0 Å². The zero-order valence-electron chi connectivity index (χ0n) is 14.0. The van der Waals surface area contributed by atoms with E-state index in [1.54, 1.807) is 19.4 Å². The summed E-state index contributed by atoms with van der Waals surface area (Å²) in [6, 6.07) is 8.42. The molecule has 6 nitrogen and oxygen atoms in total. The SMILES string of the molecule is C[C@@H](O)c1nccc(N2CCc3ccc(-c4cncnc4)cc3C2)n1. The zero-order chi connectivity index (χ0) is 17.2. The van der Waals surface area contributed by atoms with Crippen molar-refractivity contribution in [3.63, 3.8) is 0 Å². The monoisotopic (exact) mass is 333 g/mol. The molecule has 0 fully saturated rings. The van der Waals surface area contributed by atoms with Crippen molar-refractivity contribution < 1.29 is 5.11 Å². The molecule has 126 valence electrons. The molecule has 0 saturated carbocycles. The molecule has 0 unspecified atom stereocenters. The zero-order valence-corrected chi connectivity index (χ0v) is 14.0. The number of fused-ring (bicyclic) bond motifs is 1. The van der Waals surface area contributed by atoms with Gasteiger partial charge in [-0.2, -0.15) is 0 Å². The lowest BCUT2D eigenvalue weighted by molar-refractivity contribution is 0.189. The predicted molar refractivity (Wildman–Crippen MR) is 94.9 cm³/mol. The first-order valence-electron chi connectivity index (χ1n) is 8.34. The van der Waals surface area contributed by atoms with Crippen LogP contribution in [0, 0.1) is 0 Å². The summed E-state index contributed by atoms with van der Waals surface area (Å²) in [5.41, 5.74) is 4.78. The molecule has 1 N–H and O–H groups in total. The van der Waals surface area contributed by atoms with E-state index in [1.807, 2.05) is 18.5 Å². The number of aromatic nitrogens is 4. The molecule has 1 aromatic carbocycles. The quantitative estimate of drug-likeness (QED) is 0.794. The van der Waals surface area contributed by atoms with E-state index in [-0.39, 0.29) is 0 Å². The standard InChI is InChI=1S/C19H19N5O/c1-13(25)19-22-6-4-18(23-19)24-7-5-14-2-3-15(8-16(14)11-24)17-9-20-12-21-10-17/h2-4,6,8-10,12-13,25H,5,7,11H2,1H3/t13-/m1/s1. The fourth-order valence-corrected chi connectivity index (χ4v) is 3.12. The molecule has 0 spiro atoms. The normalized spacial score (nSPS) is 14.9. The summed E-state index contributed by atoms with van der Waals surface area (Å²) in [6.07, 6.45) is 7.20. The molecule has 1 aliphatic rings. The number of hydrogen-bond acceptors (Lipinski definition) is 6. The second-order valence-electron chi connectivity index (χ2n) is 6.23. The summed E-state index contributed by atoms with van der Waals surface area (Å²) in [6.45, 7) is 3.36. The van der Waals surface area contributed by atoms with Crippen LogP contribution in [-0.2, 0) is 13.0 Å². The number of rotatable bonds is 3. The summed E-state index contributed by atoms with van der Waals surface area (Å²) < 4.78 is 0. The van der Waals surface area contributed by atoms with Gasteiger partial charge in [-0.25, -0.2) is 19.9 Å². The highest BCUT2D eigenvalue weighted by Crippen LogP contribution is 2.27. The largest absolute Gasteiger partial charge is 0.385 e. The lowest BCUT2D eigenvalue weighted by atomic mass is 9.95. The molecule has 0 radical (unpaired) electrons. The van der Waals surface area contributed by atoms with Crippen molar-refractivity contribution in [1.29, 1.82) is 0 Å². The van der Waals surface area contributed by atoms with Gasteiger partial charge in [-0.05, 0) is 42.2 Å². The van der Waals surface area contributed by atoms with E-state index < -0.39 is 6.10 Å². The Hall–Kier alpha value is -2.86. The summed E-state index contributed by atoms with van der Waals surface area (Å²) in [4.78, 5) is 19.0. The van der Waals surface area contributed by atoms with Crippen LogP contribution in [-0.4, -0.2) is 31.6 Å². The first-order valence-corrected chi connectivity index (χ1v) is 8.34. The van der Waals surface area contributed by atoms with Crippen molar-refractivity contribution in [2.24, 2.45) is 0 Å². The van der Waals surface area contributed by atoms with Crippen LogP contribution in [0.1, 0.15) is 30.0 Å². The number of hydrogen-bond donors (Lipinski definition) is 1. The van der Waals surface area contributed by atoms with Gasteiger partial charge in [0.15, 0.2) is 5.82 Å². The van der Waals surface area contributed by atoms with Crippen LogP contribution in [0.5, 0.6) is 0 Å². The summed E-state index contributed by atoms with van der Waals surface area (Å²) in [5, 5.41) is 9.71. The molecular weight excluding hydrogens is 314 g/mol. The van der Waals surface area contributed by atoms with E-state index in [0.717, 1.165) is 36.5 Å². The fraction of sp³-hybridized carbons (Fsp3) is 0.263. The van der Waals surface area contributed by atoms with Crippen molar-refractivity contribution in [2.45, 2.75) is 26.0 Å². The molecule has 3 heterocycles. The van der Waals surface area contributed by atoms with Crippen molar-refractivity contribution in [2.75, 3.05) is 11.4 Å². The molecule has 0 amide bonds. The second-order valence-corrected chi connectivity index (χ2v) is 6.23. The molecule has 2 aromatic heterocycles. The number of aliphatic hydroxyl groups is 1. The molecule has 1 atom stereocenters. The van der Waals surface area contributed by atoms with Gasteiger partial charge < -0.3 is 10.0 Å². The van der Waals surface area contributed by atoms with Gasteiger partial charge in [-0.3, -0.25) is 0 Å². The Morgan fingerprint density at radius 1 is 1.08 bits per heavy atom.